The lowest BCUT2D eigenvalue weighted by Gasteiger charge is -2.36. The summed E-state index contributed by atoms with van der Waals surface area (Å²) < 4.78 is 0. The summed E-state index contributed by atoms with van der Waals surface area (Å²) >= 11 is 0. The summed E-state index contributed by atoms with van der Waals surface area (Å²) in [5, 5.41) is 0. The average molecular weight is 246 g/mol. The Bertz CT molecular complexity index is 373. The number of piperazine rings is 1. The van der Waals surface area contributed by atoms with Crippen molar-refractivity contribution in [1.82, 2.24) is 0 Å². The van der Waals surface area contributed by atoms with Gasteiger partial charge in [-0.25, -0.2) is 0 Å². The second-order valence-corrected chi connectivity index (χ2v) is 5.72. The summed E-state index contributed by atoms with van der Waals surface area (Å²) in [5.41, 5.74) is 7.92. The Kier molecular flexibility index (Phi) is 3.41. The summed E-state index contributed by atoms with van der Waals surface area (Å²) in [7, 11) is 0. The molecule has 1 heterocycles. The van der Waals surface area contributed by atoms with E-state index in [1.54, 1.807) is 0 Å². The van der Waals surface area contributed by atoms with Crippen molar-refractivity contribution in [3.8, 4) is 0 Å². The molecule has 1 aliphatic heterocycles. The Labute approximate surface area is 110 Å². The van der Waals surface area contributed by atoms with Crippen LogP contribution < -0.4 is 15.5 Å². The van der Waals surface area contributed by atoms with E-state index in [-0.39, 0.29) is 0 Å². The Hall–Kier alpha value is -1.22. The molecule has 0 spiro atoms. The topological polar surface area (TPSA) is 33.7 Å². The van der Waals surface area contributed by atoms with E-state index in [0.717, 1.165) is 11.7 Å². The Morgan fingerprint density at radius 3 is 2.22 bits per heavy atom. The number of nitrogen functional groups attached to an aromatic ring is 1. The molecule has 18 heavy (non-hydrogen) atoms. The summed E-state index contributed by atoms with van der Waals surface area (Å²) in [6.07, 6.45) is 5.82. The molecule has 3 nitrogen and oxygen atoms in total. The lowest BCUT2D eigenvalue weighted by atomic mass is 10.1. The third kappa shape index (κ3) is 2.46. The van der Waals surface area contributed by atoms with Crippen molar-refractivity contribution in [2.24, 2.45) is 0 Å². The van der Waals surface area contributed by atoms with Gasteiger partial charge < -0.3 is 15.5 Å². The Balaban J connectivity index is 1.57. The molecule has 0 unspecified atom stereocenters. The smallest absolute Gasteiger partial charge is 0.0951 e. The van der Waals surface area contributed by atoms with Crippen molar-refractivity contribution < 1.29 is 4.90 Å². The molecule has 0 radical (unpaired) electrons. The molecule has 0 amide bonds. The van der Waals surface area contributed by atoms with Gasteiger partial charge in [0.25, 0.3) is 0 Å². The van der Waals surface area contributed by atoms with E-state index < -0.39 is 0 Å². The molecule has 2 fully saturated rings. The minimum absolute atomic E-state index is 0.856. The molecule has 98 valence electrons. The maximum absolute atomic E-state index is 5.74. The third-order valence-corrected chi connectivity index (χ3v) is 4.60. The van der Waals surface area contributed by atoms with Gasteiger partial charge in [0, 0.05) is 11.4 Å². The second-order valence-electron chi connectivity index (χ2n) is 5.72. The fraction of sp³-hybridized carbons (Fsp3) is 0.600. The van der Waals surface area contributed by atoms with Crippen LogP contribution in [0.1, 0.15) is 25.7 Å². The first-order valence-electron chi connectivity index (χ1n) is 7.28. The summed E-state index contributed by atoms with van der Waals surface area (Å²) in [6.45, 7) is 4.98. The van der Waals surface area contributed by atoms with E-state index in [1.165, 1.54) is 57.5 Å². The minimum atomic E-state index is 0.856. The molecule has 1 aliphatic carbocycles. The first-order chi connectivity index (χ1) is 8.83. The van der Waals surface area contributed by atoms with Gasteiger partial charge in [0.05, 0.1) is 32.2 Å². The molecule has 3 heteroatoms. The predicted octanol–water partition coefficient (Wildman–Crippen LogP) is 0.916. The fourth-order valence-corrected chi connectivity index (χ4v) is 3.48. The third-order valence-electron chi connectivity index (χ3n) is 4.60. The molecule has 0 atom stereocenters. The SMILES string of the molecule is Nc1ccc(N2CC[NH+](C3CCCC3)CC2)cc1. The van der Waals surface area contributed by atoms with Gasteiger partial charge in [-0.3, -0.25) is 0 Å². The van der Waals surface area contributed by atoms with Crippen molar-refractivity contribution in [2.45, 2.75) is 31.7 Å². The number of hydrogen-bond acceptors (Lipinski definition) is 2. The molecule has 1 saturated carbocycles. The standard InChI is InChI=1S/C15H23N3/c16-13-5-7-15(8-6-13)18-11-9-17(10-12-18)14-3-1-2-4-14/h5-8,14H,1-4,9-12,16H2/p+1. The van der Waals surface area contributed by atoms with Crippen LogP contribution in [0.4, 0.5) is 11.4 Å². The van der Waals surface area contributed by atoms with Crippen LogP contribution in [0, 0.1) is 0 Å². The van der Waals surface area contributed by atoms with Crippen molar-refractivity contribution in [2.75, 3.05) is 36.8 Å². The number of nitrogens with one attached hydrogen (secondary N) is 1. The van der Waals surface area contributed by atoms with Crippen LogP contribution in [0.3, 0.4) is 0 Å². The zero-order valence-corrected chi connectivity index (χ0v) is 11.1. The Morgan fingerprint density at radius 1 is 1.00 bits per heavy atom. The molecule has 1 aromatic carbocycles. The quantitative estimate of drug-likeness (QED) is 0.761. The molecule has 1 aromatic rings. The second kappa shape index (κ2) is 5.19. The highest BCUT2D eigenvalue weighted by molar-refractivity contribution is 5.53. The number of benzene rings is 1. The molecular formula is C15H24N3+. The fourth-order valence-electron chi connectivity index (χ4n) is 3.48. The van der Waals surface area contributed by atoms with E-state index >= 15 is 0 Å². The van der Waals surface area contributed by atoms with Gasteiger partial charge in [0.15, 0.2) is 0 Å². The first kappa shape index (κ1) is 11.8. The maximum atomic E-state index is 5.74. The number of rotatable bonds is 2. The normalized spacial score (nSPS) is 22.6. The largest absolute Gasteiger partial charge is 0.399 e. The van der Waals surface area contributed by atoms with Crippen LogP contribution in [-0.2, 0) is 0 Å². The number of hydrogen-bond donors (Lipinski definition) is 2. The highest BCUT2D eigenvalue weighted by atomic mass is 15.3. The molecule has 0 aromatic heterocycles. The molecule has 2 aliphatic rings. The zero-order valence-electron chi connectivity index (χ0n) is 11.1. The van der Waals surface area contributed by atoms with Gasteiger partial charge >= 0.3 is 0 Å². The van der Waals surface area contributed by atoms with Gasteiger partial charge in [0.1, 0.15) is 0 Å². The summed E-state index contributed by atoms with van der Waals surface area (Å²) in [6, 6.07) is 9.27. The van der Waals surface area contributed by atoms with Gasteiger partial charge in [0.2, 0.25) is 0 Å². The molecule has 1 saturated heterocycles. The van der Waals surface area contributed by atoms with Gasteiger partial charge in [-0.2, -0.15) is 0 Å². The van der Waals surface area contributed by atoms with Gasteiger partial charge in [-0.15, -0.1) is 0 Å². The van der Waals surface area contributed by atoms with E-state index in [4.69, 9.17) is 5.73 Å². The van der Waals surface area contributed by atoms with Gasteiger partial charge in [-0.05, 0) is 49.9 Å². The van der Waals surface area contributed by atoms with Crippen LogP contribution in [-0.4, -0.2) is 32.2 Å². The van der Waals surface area contributed by atoms with Crippen LogP contribution in [0.2, 0.25) is 0 Å². The van der Waals surface area contributed by atoms with E-state index in [9.17, 15) is 0 Å². The number of quaternary nitrogens is 1. The van der Waals surface area contributed by atoms with E-state index in [2.05, 4.69) is 17.0 Å². The highest BCUT2D eigenvalue weighted by Crippen LogP contribution is 2.18. The van der Waals surface area contributed by atoms with Crippen LogP contribution >= 0.6 is 0 Å². The highest BCUT2D eigenvalue weighted by Gasteiger charge is 2.29. The monoisotopic (exact) mass is 246 g/mol. The van der Waals surface area contributed by atoms with E-state index in [0.29, 0.717) is 0 Å². The lowest BCUT2D eigenvalue weighted by Crippen LogP contribution is -3.18. The lowest BCUT2D eigenvalue weighted by molar-refractivity contribution is -0.925. The van der Waals surface area contributed by atoms with Crippen LogP contribution in [0.25, 0.3) is 0 Å². The molecule has 3 rings (SSSR count). The predicted molar refractivity (Wildman–Crippen MR) is 76.0 cm³/mol. The number of nitrogens with two attached hydrogens (primary N) is 1. The van der Waals surface area contributed by atoms with E-state index in [1.807, 2.05) is 17.0 Å². The van der Waals surface area contributed by atoms with Crippen molar-refractivity contribution in [3.63, 3.8) is 0 Å². The van der Waals surface area contributed by atoms with Crippen LogP contribution in [0.5, 0.6) is 0 Å². The van der Waals surface area contributed by atoms with Crippen molar-refractivity contribution >= 4 is 11.4 Å². The first-order valence-corrected chi connectivity index (χ1v) is 7.28. The minimum Gasteiger partial charge on any atom is -0.399 e. The Morgan fingerprint density at radius 2 is 1.61 bits per heavy atom. The summed E-state index contributed by atoms with van der Waals surface area (Å²) in [5.74, 6) is 0. The van der Waals surface area contributed by atoms with Gasteiger partial charge in [-0.1, -0.05) is 0 Å². The summed E-state index contributed by atoms with van der Waals surface area (Å²) in [4.78, 5) is 4.34. The van der Waals surface area contributed by atoms with Crippen molar-refractivity contribution in [1.29, 1.82) is 0 Å². The van der Waals surface area contributed by atoms with Crippen LogP contribution in [0.15, 0.2) is 24.3 Å². The number of nitrogens with zero attached hydrogens (tertiary/aromatic N) is 1. The average Bonchev–Trinajstić information content (AvgIpc) is 2.94. The number of anilines is 2. The molecule has 3 N–H and O–H groups in total. The van der Waals surface area contributed by atoms with Crippen molar-refractivity contribution in [3.05, 3.63) is 24.3 Å². The zero-order chi connectivity index (χ0) is 12.4. The molecule has 0 bridgehead atoms. The molecular weight excluding hydrogens is 222 g/mol. The maximum Gasteiger partial charge on any atom is 0.0951 e.